The SMILES string of the molecule is CC1CCCN(CCCC(N)=NO)C1C. The van der Waals surface area contributed by atoms with Crippen LogP contribution in [0.4, 0.5) is 0 Å². The van der Waals surface area contributed by atoms with Crippen LogP contribution in [0.5, 0.6) is 0 Å². The Labute approximate surface area is 92.1 Å². The van der Waals surface area contributed by atoms with E-state index in [1.807, 2.05) is 0 Å². The third-order valence-corrected chi connectivity index (χ3v) is 3.51. The summed E-state index contributed by atoms with van der Waals surface area (Å²) in [6, 6.07) is 0.672. The average molecular weight is 213 g/mol. The molecule has 1 rings (SSSR count). The molecule has 1 heterocycles. The molecule has 0 aromatic rings. The summed E-state index contributed by atoms with van der Waals surface area (Å²) < 4.78 is 0. The minimum atomic E-state index is 0.340. The first-order valence-electron chi connectivity index (χ1n) is 5.85. The van der Waals surface area contributed by atoms with E-state index in [9.17, 15) is 0 Å². The fraction of sp³-hybridized carbons (Fsp3) is 0.909. The number of likely N-dealkylation sites (tertiary alicyclic amines) is 1. The molecule has 4 nitrogen and oxygen atoms in total. The van der Waals surface area contributed by atoms with E-state index in [1.54, 1.807) is 0 Å². The molecule has 0 saturated carbocycles. The van der Waals surface area contributed by atoms with Crippen molar-refractivity contribution in [2.45, 2.75) is 45.6 Å². The van der Waals surface area contributed by atoms with Gasteiger partial charge in [0.25, 0.3) is 0 Å². The van der Waals surface area contributed by atoms with Crippen LogP contribution in [-0.4, -0.2) is 35.1 Å². The molecular formula is C11H23N3O. The van der Waals surface area contributed by atoms with Crippen LogP contribution in [0.3, 0.4) is 0 Å². The Hall–Kier alpha value is -0.770. The monoisotopic (exact) mass is 213 g/mol. The maximum Gasteiger partial charge on any atom is 0.139 e. The van der Waals surface area contributed by atoms with Crippen molar-refractivity contribution in [3.63, 3.8) is 0 Å². The largest absolute Gasteiger partial charge is 0.409 e. The lowest BCUT2D eigenvalue weighted by Crippen LogP contribution is -2.42. The van der Waals surface area contributed by atoms with Crippen LogP contribution in [0.2, 0.25) is 0 Å². The van der Waals surface area contributed by atoms with Gasteiger partial charge in [0.2, 0.25) is 0 Å². The molecule has 4 heteroatoms. The van der Waals surface area contributed by atoms with Gasteiger partial charge in [-0.2, -0.15) is 0 Å². The molecule has 2 unspecified atom stereocenters. The molecule has 1 fully saturated rings. The van der Waals surface area contributed by atoms with E-state index < -0.39 is 0 Å². The molecular weight excluding hydrogens is 190 g/mol. The third kappa shape index (κ3) is 3.70. The van der Waals surface area contributed by atoms with Gasteiger partial charge in [-0.1, -0.05) is 12.1 Å². The van der Waals surface area contributed by atoms with Gasteiger partial charge in [-0.25, -0.2) is 0 Å². The lowest BCUT2D eigenvalue weighted by Gasteiger charge is -2.37. The van der Waals surface area contributed by atoms with E-state index in [2.05, 4.69) is 23.9 Å². The first-order chi connectivity index (χ1) is 7.15. The standard InChI is InChI=1S/C11H23N3O/c1-9-5-3-7-14(10(9)2)8-4-6-11(12)13-15/h9-10,15H,3-8H2,1-2H3,(H2,12,13). The Bertz CT molecular complexity index is 218. The van der Waals surface area contributed by atoms with Crippen LogP contribution >= 0.6 is 0 Å². The predicted octanol–water partition coefficient (Wildman–Crippen LogP) is 1.63. The summed E-state index contributed by atoms with van der Waals surface area (Å²) in [5.41, 5.74) is 5.43. The normalized spacial score (nSPS) is 29.3. The van der Waals surface area contributed by atoms with E-state index in [4.69, 9.17) is 10.9 Å². The topological polar surface area (TPSA) is 61.8 Å². The zero-order chi connectivity index (χ0) is 11.3. The lowest BCUT2D eigenvalue weighted by molar-refractivity contribution is 0.113. The summed E-state index contributed by atoms with van der Waals surface area (Å²) in [5, 5.41) is 11.4. The predicted molar refractivity (Wildman–Crippen MR) is 62.1 cm³/mol. The maximum absolute atomic E-state index is 8.42. The molecule has 15 heavy (non-hydrogen) atoms. The summed E-state index contributed by atoms with van der Waals surface area (Å²) in [5.74, 6) is 1.13. The number of oxime groups is 1. The fourth-order valence-corrected chi connectivity index (χ4v) is 2.25. The van der Waals surface area contributed by atoms with Crippen molar-refractivity contribution in [3.05, 3.63) is 0 Å². The van der Waals surface area contributed by atoms with Gasteiger partial charge in [-0.05, 0) is 45.2 Å². The molecule has 1 aliphatic rings. The van der Waals surface area contributed by atoms with Crippen molar-refractivity contribution >= 4 is 5.84 Å². The Balaban J connectivity index is 2.25. The number of hydrogen-bond acceptors (Lipinski definition) is 3. The zero-order valence-electron chi connectivity index (χ0n) is 9.82. The number of hydrogen-bond donors (Lipinski definition) is 2. The Morgan fingerprint density at radius 3 is 2.93 bits per heavy atom. The van der Waals surface area contributed by atoms with E-state index in [0.29, 0.717) is 18.3 Å². The highest BCUT2D eigenvalue weighted by Crippen LogP contribution is 2.22. The molecule has 0 amide bonds. The number of nitrogens with zero attached hydrogens (tertiary/aromatic N) is 2. The van der Waals surface area contributed by atoms with Gasteiger partial charge in [0.1, 0.15) is 5.84 Å². The first kappa shape index (κ1) is 12.3. The molecule has 0 aromatic carbocycles. The summed E-state index contributed by atoms with van der Waals surface area (Å²) in [7, 11) is 0. The minimum Gasteiger partial charge on any atom is -0.409 e. The van der Waals surface area contributed by atoms with Gasteiger partial charge in [0.05, 0.1) is 0 Å². The maximum atomic E-state index is 8.42. The van der Waals surface area contributed by atoms with Crippen molar-refractivity contribution in [2.75, 3.05) is 13.1 Å². The second kappa shape index (κ2) is 5.95. The molecule has 3 N–H and O–H groups in total. The smallest absolute Gasteiger partial charge is 0.139 e. The Morgan fingerprint density at radius 2 is 2.27 bits per heavy atom. The van der Waals surface area contributed by atoms with E-state index in [-0.39, 0.29) is 0 Å². The molecule has 0 bridgehead atoms. The van der Waals surface area contributed by atoms with Crippen molar-refractivity contribution < 1.29 is 5.21 Å². The summed E-state index contributed by atoms with van der Waals surface area (Å²) in [6.45, 7) is 6.87. The summed E-state index contributed by atoms with van der Waals surface area (Å²) >= 11 is 0. The summed E-state index contributed by atoms with van der Waals surface area (Å²) in [6.07, 6.45) is 4.31. The summed E-state index contributed by atoms with van der Waals surface area (Å²) in [4.78, 5) is 2.51. The van der Waals surface area contributed by atoms with Crippen molar-refractivity contribution in [1.82, 2.24) is 4.90 Å². The van der Waals surface area contributed by atoms with Gasteiger partial charge in [0.15, 0.2) is 0 Å². The van der Waals surface area contributed by atoms with Crippen LogP contribution in [0, 0.1) is 5.92 Å². The van der Waals surface area contributed by atoms with Crippen molar-refractivity contribution in [1.29, 1.82) is 0 Å². The van der Waals surface area contributed by atoms with Crippen molar-refractivity contribution in [3.8, 4) is 0 Å². The average Bonchev–Trinajstić information content (AvgIpc) is 2.24. The van der Waals surface area contributed by atoms with Crippen LogP contribution in [0.1, 0.15) is 39.5 Å². The van der Waals surface area contributed by atoms with Crippen LogP contribution < -0.4 is 5.73 Å². The molecule has 0 spiro atoms. The quantitative estimate of drug-likeness (QED) is 0.323. The Morgan fingerprint density at radius 1 is 1.53 bits per heavy atom. The fourth-order valence-electron chi connectivity index (χ4n) is 2.25. The van der Waals surface area contributed by atoms with Crippen molar-refractivity contribution in [2.24, 2.45) is 16.8 Å². The van der Waals surface area contributed by atoms with Gasteiger partial charge in [-0.3, -0.25) is 0 Å². The number of nitrogens with two attached hydrogens (primary N) is 1. The highest BCUT2D eigenvalue weighted by atomic mass is 16.4. The molecule has 1 saturated heterocycles. The second-order valence-electron chi connectivity index (χ2n) is 4.59. The number of amidine groups is 1. The molecule has 0 radical (unpaired) electrons. The molecule has 1 aliphatic heterocycles. The first-order valence-corrected chi connectivity index (χ1v) is 5.85. The molecule has 0 aliphatic carbocycles. The van der Waals surface area contributed by atoms with Gasteiger partial charge >= 0.3 is 0 Å². The van der Waals surface area contributed by atoms with Gasteiger partial charge in [-0.15, -0.1) is 0 Å². The van der Waals surface area contributed by atoms with Gasteiger partial charge < -0.3 is 15.8 Å². The third-order valence-electron chi connectivity index (χ3n) is 3.51. The second-order valence-corrected chi connectivity index (χ2v) is 4.59. The Kier molecular flexibility index (Phi) is 4.88. The highest BCUT2D eigenvalue weighted by Gasteiger charge is 2.23. The van der Waals surface area contributed by atoms with Crippen LogP contribution in [-0.2, 0) is 0 Å². The van der Waals surface area contributed by atoms with E-state index in [0.717, 1.165) is 18.9 Å². The minimum absolute atomic E-state index is 0.340. The van der Waals surface area contributed by atoms with Gasteiger partial charge in [0, 0.05) is 12.5 Å². The van der Waals surface area contributed by atoms with Crippen LogP contribution in [0.25, 0.3) is 0 Å². The number of piperidine rings is 1. The zero-order valence-corrected chi connectivity index (χ0v) is 9.82. The van der Waals surface area contributed by atoms with Crippen LogP contribution in [0.15, 0.2) is 5.16 Å². The van der Waals surface area contributed by atoms with E-state index in [1.165, 1.54) is 19.4 Å². The highest BCUT2D eigenvalue weighted by molar-refractivity contribution is 5.79. The van der Waals surface area contributed by atoms with E-state index >= 15 is 0 Å². The molecule has 0 aromatic heterocycles. The lowest BCUT2D eigenvalue weighted by atomic mass is 9.92. The molecule has 88 valence electrons. The molecule has 2 atom stereocenters. The number of rotatable bonds is 4.